The Morgan fingerprint density at radius 1 is 1.50 bits per heavy atom. The monoisotopic (exact) mass is 142 g/mol. The average molecular weight is 142 g/mol. The Morgan fingerprint density at radius 2 is 2.20 bits per heavy atom. The lowest BCUT2D eigenvalue weighted by molar-refractivity contribution is 0.139. The number of hydrogen-bond donors (Lipinski definition) is 1. The molecule has 1 N–H and O–H groups in total. The van der Waals surface area contributed by atoms with Crippen molar-refractivity contribution >= 4 is 7.12 Å². The maximum absolute atomic E-state index is 9.16. The van der Waals surface area contributed by atoms with Crippen LogP contribution in [0.1, 0.15) is 26.7 Å². The third kappa shape index (κ3) is 1.99. The first-order chi connectivity index (χ1) is 4.70. The van der Waals surface area contributed by atoms with Crippen LogP contribution in [-0.2, 0) is 4.65 Å². The van der Waals surface area contributed by atoms with E-state index in [-0.39, 0.29) is 6.10 Å². The fourth-order valence-electron chi connectivity index (χ4n) is 1.30. The van der Waals surface area contributed by atoms with E-state index in [4.69, 9.17) is 9.68 Å². The highest BCUT2D eigenvalue weighted by molar-refractivity contribution is 6.42. The second-order valence-electron chi connectivity index (χ2n) is 3.20. The highest BCUT2D eigenvalue weighted by Gasteiger charge is 2.24. The summed E-state index contributed by atoms with van der Waals surface area (Å²) in [5, 5.41) is 9.16. The van der Waals surface area contributed by atoms with Crippen LogP contribution >= 0.6 is 0 Å². The van der Waals surface area contributed by atoms with E-state index >= 15 is 0 Å². The quantitative estimate of drug-likeness (QED) is 0.516. The summed E-state index contributed by atoms with van der Waals surface area (Å²) in [6.45, 7) is 4.20. The second-order valence-corrected chi connectivity index (χ2v) is 3.20. The molecule has 0 bridgehead atoms. The first-order valence-corrected chi connectivity index (χ1v) is 4.03. The van der Waals surface area contributed by atoms with Crippen LogP contribution < -0.4 is 0 Å². The van der Waals surface area contributed by atoms with Gasteiger partial charge >= 0.3 is 7.12 Å². The standard InChI is InChI=1S/C7H15BO2/c1-6-4-3-5-8(9)10-7(6)2/h6-7,9H,3-5H2,1-2H3. The maximum atomic E-state index is 9.16. The molecule has 3 heteroatoms. The molecule has 0 aromatic heterocycles. The SMILES string of the molecule is CC1CCCB(O)OC1C. The molecule has 2 nitrogen and oxygen atoms in total. The molecule has 0 aromatic carbocycles. The normalized spacial score (nSPS) is 35.7. The van der Waals surface area contributed by atoms with E-state index in [2.05, 4.69) is 6.92 Å². The zero-order valence-corrected chi connectivity index (χ0v) is 6.71. The van der Waals surface area contributed by atoms with E-state index in [1.54, 1.807) is 0 Å². The minimum Gasteiger partial charge on any atom is -0.427 e. The molecule has 1 fully saturated rings. The topological polar surface area (TPSA) is 29.5 Å². The number of rotatable bonds is 0. The van der Waals surface area contributed by atoms with Gasteiger partial charge in [-0.15, -0.1) is 0 Å². The summed E-state index contributed by atoms with van der Waals surface area (Å²) in [6, 6.07) is 0. The van der Waals surface area contributed by atoms with Crippen molar-refractivity contribution < 1.29 is 9.68 Å². The van der Waals surface area contributed by atoms with Crippen molar-refractivity contribution in [3.63, 3.8) is 0 Å². The fraction of sp³-hybridized carbons (Fsp3) is 1.00. The predicted molar refractivity (Wildman–Crippen MR) is 41.7 cm³/mol. The summed E-state index contributed by atoms with van der Waals surface area (Å²) >= 11 is 0. The van der Waals surface area contributed by atoms with Crippen LogP contribution in [0.2, 0.25) is 6.32 Å². The third-order valence-electron chi connectivity index (χ3n) is 2.28. The molecule has 2 unspecified atom stereocenters. The lowest BCUT2D eigenvalue weighted by Gasteiger charge is -2.17. The van der Waals surface area contributed by atoms with Crippen LogP contribution in [0, 0.1) is 5.92 Å². The minimum atomic E-state index is -0.514. The second kappa shape index (κ2) is 3.40. The lowest BCUT2D eigenvalue weighted by Crippen LogP contribution is -2.24. The molecule has 2 atom stereocenters. The molecule has 0 spiro atoms. The van der Waals surface area contributed by atoms with Gasteiger partial charge < -0.3 is 9.68 Å². The molecule has 0 aliphatic carbocycles. The first kappa shape index (κ1) is 8.09. The molecule has 1 heterocycles. The largest absolute Gasteiger partial charge is 0.454 e. The smallest absolute Gasteiger partial charge is 0.427 e. The van der Waals surface area contributed by atoms with E-state index in [9.17, 15) is 0 Å². The molecule has 58 valence electrons. The zero-order valence-electron chi connectivity index (χ0n) is 6.71. The van der Waals surface area contributed by atoms with E-state index in [0.717, 1.165) is 12.7 Å². The van der Waals surface area contributed by atoms with Crippen molar-refractivity contribution in [3.05, 3.63) is 0 Å². The fourth-order valence-corrected chi connectivity index (χ4v) is 1.30. The van der Waals surface area contributed by atoms with Gasteiger partial charge in [0.2, 0.25) is 0 Å². The van der Waals surface area contributed by atoms with Gasteiger partial charge in [-0.3, -0.25) is 0 Å². The predicted octanol–water partition coefficient (Wildman–Crippen LogP) is 1.30. The van der Waals surface area contributed by atoms with Gasteiger partial charge in [0.1, 0.15) is 0 Å². The van der Waals surface area contributed by atoms with E-state index in [0.29, 0.717) is 5.92 Å². The van der Waals surface area contributed by atoms with Gasteiger partial charge in [0, 0.05) is 6.10 Å². The molecule has 1 rings (SSSR count). The van der Waals surface area contributed by atoms with Crippen molar-refractivity contribution in [3.8, 4) is 0 Å². The van der Waals surface area contributed by atoms with Gasteiger partial charge in [-0.05, 0) is 25.6 Å². The highest BCUT2D eigenvalue weighted by Crippen LogP contribution is 2.20. The summed E-state index contributed by atoms with van der Waals surface area (Å²) in [5.74, 6) is 0.595. The van der Waals surface area contributed by atoms with Crippen LogP contribution in [-0.4, -0.2) is 18.2 Å². The Kier molecular flexibility index (Phi) is 2.75. The molecule has 0 saturated carbocycles. The maximum Gasteiger partial charge on any atom is 0.454 e. The Bertz CT molecular complexity index is 108. The van der Waals surface area contributed by atoms with Gasteiger partial charge in [-0.25, -0.2) is 0 Å². The third-order valence-corrected chi connectivity index (χ3v) is 2.28. The van der Waals surface area contributed by atoms with Gasteiger partial charge in [-0.2, -0.15) is 0 Å². The summed E-state index contributed by atoms with van der Waals surface area (Å²) in [7, 11) is -0.514. The lowest BCUT2D eigenvalue weighted by atomic mass is 9.84. The molecule has 1 aliphatic heterocycles. The Hall–Kier alpha value is -0.0151. The average Bonchev–Trinajstić information content (AvgIpc) is 1.96. The molecule has 1 aliphatic rings. The van der Waals surface area contributed by atoms with Crippen molar-refractivity contribution in [1.82, 2.24) is 0 Å². The zero-order chi connectivity index (χ0) is 7.56. The highest BCUT2D eigenvalue weighted by atomic mass is 16.5. The first-order valence-electron chi connectivity index (χ1n) is 4.03. The molecular weight excluding hydrogens is 127 g/mol. The van der Waals surface area contributed by atoms with Crippen LogP contribution in [0.15, 0.2) is 0 Å². The van der Waals surface area contributed by atoms with E-state index in [1.807, 2.05) is 6.92 Å². The van der Waals surface area contributed by atoms with Crippen molar-refractivity contribution in [2.24, 2.45) is 5.92 Å². The van der Waals surface area contributed by atoms with Gasteiger partial charge in [0.25, 0.3) is 0 Å². The van der Waals surface area contributed by atoms with Crippen LogP contribution in [0.3, 0.4) is 0 Å². The Balaban J connectivity index is 2.41. The van der Waals surface area contributed by atoms with E-state index in [1.165, 1.54) is 6.42 Å². The summed E-state index contributed by atoms with van der Waals surface area (Å²) in [5.41, 5.74) is 0. The van der Waals surface area contributed by atoms with Crippen LogP contribution in [0.25, 0.3) is 0 Å². The molecule has 1 saturated heterocycles. The molecule has 10 heavy (non-hydrogen) atoms. The van der Waals surface area contributed by atoms with Crippen molar-refractivity contribution in [2.75, 3.05) is 0 Å². The van der Waals surface area contributed by atoms with Crippen LogP contribution in [0.5, 0.6) is 0 Å². The van der Waals surface area contributed by atoms with Gasteiger partial charge in [0.05, 0.1) is 0 Å². The van der Waals surface area contributed by atoms with Crippen molar-refractivity contribution in [1.29, 1.82) is 0 Å². The van der Waals surface area contributed by atoms with Gasteiger partial charge in [0.15, 0.2) is 0 Å². The summed E-state index contributed by atoms with van der Waals surface area (Å²) in [6.07, 6.45) is 3.29. The van der Waals surface area contributed by atoms with Gasteiger partial charge in [-0.1, -0.05) is 13.3 Å². The van der Waals surface area contributed by atoms with Crippen LogP contribution in [0.4, 0.5) is 0 Å². The number of hydrogen-bond acceptors (Lipinski definition) is 2. The van der Waals surface area contributed by atoms with E-state index < -0.39 is 7.12 Å². The molecule has 0 aromatic rings. The summed E-state index contributed by atoms with van der Waals surface area (Å²) < 4.78 is 5.28. The minimum absolute atomic E-state index is 0.220. The molecular formula is C7H15BO2. The Labute approximate surface area is 62.7 Å². The molecule has 0 radical (unpaired) electrons. The summed E-state index contributed by atoms with van der Waals surface area (Å²) in [4.78, 5) is 0. The van der Waals surface area contributed by atoms with Crippen molar-refractivity contribution in [2.45, 2.75) is 39.1 Å². The molecule has 0 amide bonds. The Morgan fingerprint density at radius 3 is 2.90 bits per heavy atom.